The second kappa shape index (κ2) is 6.66. The summed E-state index contributed by atoms with van der Waals surface area (Å²) in [5.74, 6) is -0.422. The molecule has 0 aliphatic carbocycles. The molecule has 1 aromatic heterocycles. The van der Waals surface area contributed by atoms with Gasteiger partial charge in [0.15, 0.2) is 0 Å². The number of hydrogen-bond acceptors (Lipinski definition) is 4. The van der Waals surface area contributed by atoms with Crippen molar-refractivity contribution in [3.63, 3.8) is 0 Å². The Kier molecular flexibility index (Phi) is 4.67. The van der Waals surface area contributed by atoms with Crippen LogP contribution in [0.15, 0.2) is 47.8 Å². The highest BCUT2D eigenvalue weighted by molar-refractivity contribution is 5.95. The van der Waals surface area contributed by atoms with E-state index in [1.807, 2.05) is 23.0 Å². The van der Waals surface area contributed by atoms with Crippen molar-refractivity contribution in [2.45, 2.75) is 19.9 Å². The SMILES string of the molecule is CC(C)n1ccc(/C=N\NC(=O)c2ccc([N+](=O)[O-])cc2)c1. The number of nitro benzene ring substituents is 1. The van der Waals surface area contributed by atoms with Crippen LogP contribution in [0.25, 0.3) is 0 Å². The van der Waals surface area contributed by atoms with E-state index in [0.717, 1.165) is 5.56 Å². The van der Waals surface area contributed by atoms with E-state index in [1.54, 1.807) is 6.21 Å². The number of hydrogen-bond donors (Lipinski definition) is 1. The smallest absolute Gasteiger partial charge is 0.271 e. The molecule has 0 saturated heterocycles. The Balaban J connectivity index is 1.96. The van der Waals surface area contributed by atoms with Crippen LogP contribution in [0.2, 0.25) is 0 Å². The fourth-order valence-corrected chi connectivity index (χ4v) is 1.79. The second-order valence-electron chi connectivity index (χ2n) is 4.99. The summed E-state index contributed by atoms with van der Waals surface area (Å²) < 4.78 is 2.03. The van der Waals surface area contributed by atoms with Crippen molar-refractivity contribution in [2.24, 2.45) is 5.10 Å². The zero-order chi connectivity index (χ0) is 16.1. The van der Waals surface area contributed by atoms with E-state index in [2.05, 4.69) is 24.4 Å². The van der Waals surface area contributed by atoms with Crippen LogP contribution in [0.5, 0.6) is 0 Å². The Morgan fingerprint density at radius 3 is 2.55 bits per heavy atom. The van der Waals surface area contributed by atoms with Gasteiger partial charge < -0.3 is 4.57 Å². The molecular weight excluding hydrogens is 284 g/mol. The first kappa shape index (κ1) is 15.4. The van der Waals surface area contributed by atoms with E-state index in [9.17, 15) is 14.9 Å². The van der Waals surface area contributed by atoms with Gasteiger partial charge in [0.05, 0.1) is 11.1 Å². The molecule has 1 heterocycles. The number of hydrazone groups is 1. The third-order valence-electron chi connectivity index (χ3n) is 3.05. The average Bonchev–Trinajstić information content (AvgIpc) is 2.96. The van der Waals surface area contributed by atoms with Gasteiger partial charge in [-0.15, -0.1) is 0 Å². The molecular formula is C15H16N4O3. The standard InChI is InChI=1S/C15H16N4O3/c1-11(2)18-8-7-12(10-18)9-16-17-15(20)13-3-5-14(6-4-13)19(21)22/h3-11H,1-2H3,(H,17,20)/b16-9-. The molecule has 0 radical (unpaired) electrons. The maximum absolute atomic E-state index is 11.8. The number of nitrogens with one attached hydrogen (secondary N) is 1. The van der Waals surface area contributed by atoms with Crippen LogP contribution in [-0.4, -0.2) is 21.6 Å². The number of nitro groups is 1. The summed E-state index contributed by atoms with van der Waals surface area (Å²) in [5.41, 5.74) is 3.51. The van der Waals surface area contributed by atoms with Crippen LogP contribution in [0.1, 0.15) is 35.8 Å². The van der Waals surface area contributed by atoms with Crippen LogP contribution in [-0.2, 0) is 0 Å². The summed E-state index contributed by atoms with van der Waals surface area (Å²) in [7, 11) is 0. The summed E-state index contributed by atoms with van der Waals surface area (Å²) in [4.78, 5) is 21.9. The van der Waals surface area contributed by atoms with Gasteiger partial charge in [-0.05, 0) is 32.0 Å². The van der Waals surface area contributed by atoms with E-state index < -0.39 is 10.8 Å². The highest BCUT2D eigenvalue weighted by Crippen LogP contribution is 2.11. The summed E-state index contributed by atoms with van der Waals surface area (Å²) in [6, 6.07) is 7.58. The monoisotopic (exact) mass is 300 g/mol. The molecule has 1 amide bonds. The second-order valence-corrected chi connectivity index (χ2v) is 4.99. The van der Waals surface area contributed by atoms with Crippen molar-refractivity contribution in [3.8, 4) is 0 Å². The first-order chi connectivity index (χ1) is 10.5. The highest BCUT2D eigenvalue weighted by atomic mass is 16.6. The Morgan fingerprint density at radius 1 is 1.32 bits per heavy atom. The van der Waals surface area contributed by atoms with Crippen molar-refractivity contribution < 1.29 is 9.72 Å². The number of benzene rings is 1. The molecule has 0 bridgehead atoms. The Morgan fingerprint density at radius 2 is 2.00 bits per heavy atom. The van der Waals surface area contributed by atoms with Gasteiger partial charge in [-0.2, -0.15) is 5.10 Å². The number of aromatic nitrogens is 1. The molecule has 0 fully saturated rings. The highest BCUT2D eigenvalue weighted by Gasteiger charge is 2.08. The molecule has 0 unspecified atom stereocenters. The van der Waals surface area contributed by atoms with Crippen molar-refractivity contribution in [2.75, 3.05) is 0 Å². The summed E-state index contributed by atoms with van der Waals surface area (Å²) in [6.07, 6.45) is 5.40. The van der Waals surface area contributed by atoms with E-state index in [1.165, 1.54) is 24.3 Å². The zero-order valence-corrected chi connectivity index (χ0v) is 12.3. The minimum Gasteiger partial charge on any atom is -0.351 e. The molecule has 0 spiro atoms. The van der Waals surface area contributed by atoms with Gasteiger partial charge in [0.2, 0.25) is 0 Å². The lowest BCUT2D eigenvalue weighted by atomic mass is 10.2. The molecule has 0 aliphatic rings. The molecule has 2 rings (SSSR count). The van der Waals surface area contributed by atoms with Gasteiger partial charge in [0.1, 0.15) is 0 Å². The molecule has 7 heteroatoms. The van der Waals surface area contributed by atoms with Gasteiger partial charge in [-0.3, -0.25) is 14.9 Å². The van der Waals surface area contributed by atoms with Crippen molar-refractivity contribution in [3.05, 3.63) is 64.0 Å². The van der Waals surface area contributed by atoms with E-state index >= 15 is 0 Å². The van der Waals surface area contributed by atoms with E-state index in [0.29, 0.717) is 11.6 Å². The summed E-state index contributed by atoms with van der Waals surface area (Å²) in [5, 5.41) is 14.4. The van der Waals surface area contributed by atoms with Crippen molar-refractivity contribution >= 4 is 17.8 Å². The van der Waals surface area contributed by atoms with Gasteiger partial charge in [-0.1, -0.05) is 0 Å². The Labute approximate surface area is 127 Å². The summed E-state index contributed by atoms with van der Waals surface area (Å²) in [6.45, 7) is 4.13. The first-order valence-corrected chi connectivity index (χ1v) is 6.72. The van der Waals surface area contributed by atoms with Crippen LogP contribution < -0.4 is 5.43 Å². The van der Waals surface area contributed by atoms with Crippen molar-refractivity contribution in [1.29, 1.82) is 0 Å². The van der Waals surface area contributed by atoms with Gasteiger partial charge in [-0.25, -0.2) is 5.43 Å². The average molecular weight is 300 g/mol. The third kappa shape index (κ3) is 3.78. The molecule has 22 heavy (non-hydrogen) atoms. The predicted octanol–water partition coefficient (Wildman–Crippen LogP) is 2.74. The molecule has 1 N–H and O–H groups in total. The minimum atomic E-state index is -0.515. The van der Waals surface area contributed by atoms with Crippen LogP contribution in [0.3, 0.4) is 0 Å². The predicted molar refractivity (Wildman–Crippen MR) is 83.0 cm³/mol. The number of non-ortho nitro benzene ring substituents is 1. The molecule has 2 aromatic rings. The fraction of sp³-hybridized carbons (Fsp3) is 0.200. The molecule has 0 saturated carbocycles. The Hall–Kier alpha value is -2.96. The topological polar surface area (TPSA) is 89.5 Å². The third-order valence-corrected chi connectivity index (χ3v) is 3.05. The molecule has 1 aromatic carbocycles. The maximum Gasteiger partial charge on any atom is 0.271 e. The number of carbonyl (C=O) groups excluding carboxylic acids is 1. The maximum atomic E-state index is 11.8. The number of rotatable bonds is 5. The minimum absolute atomic E-state index is 0.0601. The van der Waals surface area contributed by atoms with E-state index in [-0.39, 0.29) is 5.69 Å². The largest absolute Gasteiger partial charge is 0.351 e. The number of nitrogens with zero attached hydrogens (tertiary/aromatic N) is 3. The molecule has 114 valence electrons. The molecule has 7 nitrogen and oxygen atoms in total. The number of amides is 1. The lowest BCUT2D eigenvalue weighted by Crippen LogP contribution is -2.17. The molecule has 0 atom stereocenters. The van der Waals surface area contributed by atoms with Crippen LogP contribution >= 0.6 is 0 Å². The van der Waals surface area contributed by atoms with Gasteiger partial charge in [0, 0.05) is 41.7 Å². The summed E-state index contributed by atoms with van der Waals surface area (Å²) >= 11 is 0. The lowest BCUT2D eigenvalue weighted by Gasteiger charge is -2.04. The Bertz CT molecular complexity index is 702. The van der Waals surface area contributed by atoms with Crippen LogP contribution in [0.4, 0.5) is 5.69 Å². The first-order valence-electron chi connectivity index (χ1n) is 6.72. The van der Waals surface area contributed by atoms with Crippen molar-refractivity contribution in [1.82, 2.24) is 9.99 Å². The van der Waals surface area contributed by atoms with Gasteiger partial charge in [0.25, 0.3) is 11.6 Å². The normalized spacial score (nSPS) is 11.0. The zero-order valence-electron chi connectivity index (χ0n) is 12.3. The molecule has 0 aliphatic heterocycles. The fourth-order valence-electron chi connectivity index (χ4n) is 1.79. The quantitative estimate of drug-likeness (QED) is 0.523. The van der Waals surface area contributed by atoms with Crippen LogP contribution in [0, 0.1) is 10.1 Å². The van der Waals surface area contributed by atoms with E-state index in [4.69, 9.17) is 0 Å². The number of carbonyl (C=O) groups is 1. The lowest BCUT2D eigenvalue weighted by molar-refractivity contribution is -0.384. The van der Waals surface area contributed by atoms with Gasteiger partial charge >= 0.3 is 0 Å².